The molecule has 0 aliphatic carbocycles. The zero-order chi connectivity index (χ0) is 19.8. The Kier molecular flexibility index (Phi) is 4.48. The van der Waals surface area contributed by atoms with E-state index >= 15 is 0 Å². The van der Waals surface area contributed by atoms with Gasteiger partial charge < -0.3 is 9.72 Å². The van der Waals surface area contributed by atoms with Gasteiger partial charge in [0.25, 0.3) is 0 Å². The van der Waals surface area contributed by atoms with Crippen molar-refractivity contribution in [3.05, 3.63) is 78.1 Å². The molecule has 4 heterocycles. The third-order valence-corrected chi connectivity index (χ3v) is 5.56. The minimum absolute atomic E-state index is 0.285. The molecule has 0 bridgehead atoms. The van der Waals surface area contributed by atoms with E-state index in [1.54, 1.807) is 19.4 Å². The minimum Gasteiger partial charge on any atom is -0.496 e. The highest BCUT2D eigenvalue weighted by molar-refractivity contribution is 5.95. The molecule has 0 amide bonds. The van der Waals surface area contributed by atoms with E-state index in [1.165, 1.54) is 23.4 Å². The van der Waals surface area contributed by atoms with E-state index in [1.807, 2.05) is 18.5 Å². The van der Waals surface area contributed by atoms with Crippen LogP contribution in [0.1, 0.15) is 17.2 Å². The van der Waals surface area contributed by atoms with Crippen molar-refractivity contribution in [2.75, 3.05) is 20.2 Å². The number of rotatable bonds is 5. The van der Waals surface area contributed by atoms with E-state index in [0.717, 1.165) is 41.8 Å². The average Bonchev–Trinajstić information content (AvgIpc) is 3.14. The number of H-pyrrole nitrogens is 1. The van der Waals surface area contributed by atoms with Crippen LogP contribution >= 0.6 is 0 Å². The van der Waals surface area contributed by atoms with Gasteiger partial charge in [0, 0.05) is 60.8 Å². The van der Waals surface area contributed by atoms with Gasteiger partial charge >= 0.3 is 0 Å². The molecule has 6 heteroatoms. The van der Waals surface area contributed by atoms with Crippen LogP contribution in [0.25, 0.3) is 22.2 Å². The summed E-state index contributed by atoms with van der Waals surface area (Å²) in [6, 6.07) is 12.8. The molecular weight excluding hydrogens is 367 g/mol. The summed E-state index contributed by atoms with van der Waals surface area (Å²) in [5.74, 6) is 0.800. The predicted octanol–water partition coefficient (Wildman–Crippen LogP) is 4.37. The van der Waals surface area contributed by atoms with Crippen LogP contribution in [0, 0.1) is 5.82 Å². The number of hydrogen-bond donors (Lipinski definition) is 1. The molecule has 1 saturated heterocycles. The third-order valence-electron chi connectivity index (χ3n) is 5.56. The van der Waals surface area contributed by atoms with Gasteiger partial charge in [0.15, 0.2) is 0 Å². The largest absolute Gasteiger partial charge is 0.496 e. The highest BCUT2D eigenvalue weighted by Crippen LogP contribution is 2.37. The molecule has 0 unspecified atom stereocenters. The molecule has 1 aromatic carbocycles. The number of nitrogens with one attached hydrogen (secondary N) is 1. The van der Waals surface area contributed by atoms with Crippen LogP contribution in [0.4, 0.5) is 4.39 Å². The quantitative estimate of drug-likeness (QED) is 0.552. The number of methoxy groups -OCH3 is 1. The van der Waals surface area contributed by atoms with E-state index in [9.17, 15) is 4.39 Å². The van der Waals surface area contributed by atoms with E-state index in [2.05, 4.69) is 38.1 Å². The molecule has 1 fully saturated rings. The summed E-state index contributed by atoms with van der Waals surface area (Å²) in [5.41, 5.74) is 4.91. The summed E-state index contributed by atoms with van der Waals surface area (Å²) in [6.45, 7) is 2.92. The lowest BCUT2D eigenvalue weighted by molar-refractivity contribution is 0.137. The van der Waals surface area contributed by atoms with Gasteiger partial charge in [-0.2, -0.15) is 0 Å². The second-order valence-electron chi connectivity index (χ2n) is 7.44. The van der Waals surface area contributed by atoms with Crippen molar-refractivity contribution in [1.29, 1.82) is 0 Å². The first kappa shape index (κ1) is 17.8. The normalized spacial score (nSPS) is 14.8. The van der Waals surface area contributed by atoms with Gasteiger partial charge in [-0.15, -0.1) is 0 Å². The van der Waals surface area contributed by atoms with Crippen molar-refractivity contribution in [3.8, 4) is 16.9 Å². The van der Waals surface area contributed by atoms with Crippen LogP contribution < -0.4 is 4.74 Å². The maximum atomic E-state index is 13.9. The van der Waals surface area contributed by atoms with Crippen LogP contribution in [0.2, 0.25) is 0 Å². The fraction of sp³-hybridized carbons (Fsp3) is 0.217. The van der Waals surface area contributed by atoms with Crippen molar-refractivity contribution >= 4 is 11.0 Å². The number of pyridine rings is 2. The highest BCUT2D eigenvalue weighted by Gasteiger charge is 2.29. The number of ether oxygens (including phenoxy) is 1. The minimum atomic E-state index is -0.285. The fourth-order valence-electron chi connectivity index (χ4n) is 4.03. The molecule has 5 nitrogen and oxygen atoms in total. The lowest BCUT2D eigenvalue weighted by Gasteiger charge is -2.38. The number of likely N-dealkylation sites (tertiary alicyclic amines) is 1. The molecule has 29 heavy (non-hydrogen) atoms. The molecule has 4 aromatic rings. The Morgan fingerprint density at radius 1 is 1.07 bits per heavy atom. The third kappa shape index (κ3) is 3.36. The Labute approximate surface area is 168 Å². The number of fused-ring (bicyclic) bond motifs is 1. The number of hydrogen-bond acceptors (Lipinski definition) is 4. The maximum absolute atomic E-state index is 13.9. The second kappa shape index (κ2) is 7.29. The van der Waals surface area contributed by atoms with Crippen molar-refractivity contribution in [1.82, 2.24) is 19.9 Å². The lowest BCUT2D eigenvalue weighted by Crippen LogP contribution is -2.44. The summed E-state index contributed by atoms with van der Waals surface area (Å²) < 4.78 is 19.4. The molecule has 1 aliphatic rings. The summed E-state index contributed by atoms with van der Waals surface area (Å²) in [6.07, 6.45) is 5.41. The monoisotopic (exact) mass is 388 g/mol. The highest BCUT2D eigenvalue weighted by atomic mass is 19.1. The first-order valence-corrected chi connectivity index (χ1v) is 9.64. The standard InChI is InChI=1S/C23H21FN4O/c1-29-22-3-2-17(24)10-19(22)18-6-9-26-23-20(18)11-21(27-23)16-13-28(14-16)12-15-4-7-25-8-5-15/h2-11,16H,12-14H2,1H3,(H,26,27). The van der Waals surface area contributed by atoms with Gasteiger partial charge in [-0.25, -0.2) is 9.37 Å². The van der Waals surface area contributed by atoms with Gasteiger partial charge in [0.1, 0.15) is 17.2 Å². The molecule has 1 aliphatic heterocycles. The van der Waals surface area contributed by atoms with Crippen molar-refractivity contribution in [2.24, 2.45) is 0 Å². The number of aromatic amines is 1. The lowest BCUT2D eigenvalue weighted by atomic mass is 9.95. The number of aromatic nitrogens is 3. The van der Waals surface area contributed by atoms with Crippen LogP contribution in [0.3, 0.4) is 0 Å². The Morgan fingerprint density at radius 2 is 1.90 bits per heavy atom. The Hall–Kier alpha value is -3.25. The number of nitrogens with zero attached hydrogens (tertiary/aromatic N) is 3. The number of halogens is 1. The first-order valence-electron chi connectivity index (χ1n) is 9.64. The van der Waals surface area contributed by atoms with Crippen LogP contribution in [0.15, 0.2) is 61.1 Å². The summed E-state index contributed by atoms with van der Waals surface area (Å²) in [4.78, 5) is 14.4. The van der Waals surface area contributed by atoms with Crippen molar-refractivity contribution < 1.29 is 9.13 Å². The molecule has 146 valence electrons. The first-order chi connectivity index (χ1) is 14.2. The molecule has 3 aromatic heterocycles. The molecule has 1 N–H and O–H groups in total. The van der Waals surface area contributed by atoms with Gasteiger partial charge in [0.2, 0.25) is 0 Å². The molecule has 0 atom stereocenters. The Morgan fingerprint density at radius 3 is 2.69 bits per heavy atom. The van der Waals surface area contributed by atoms with Crippen LogP contribution in [-0.4, -0.2) is 40.1 Å². The summed E-state index contributed by atoms with van der Waals surface area (Å²) in [7, 11) is 1.60. The topological polar surface area (TPSA) is 54.0 Å². The molecule has 5 rings (SSSR count). The molecule has 0 spiro atoms. The summed E-state index contributed by atoms with van der Waals surface area (Å²) in [5, 5.41) is 0.985. The van der Waals surface area contributed by atoms with Gasteiger partial charge in [-0.05, 0) is 53.6 Å². The summed E-state index contributed by atoms with van der Waals surface area (Å²) >= 11 is 0. The van der Waals surface area contributed by atoms with Crippen LogP contribution in [-0.2, 0) is 6.54 Å². The zero-order valence-electron chi connectivity index (χ0n) is 16.1. The van der Waals surface area contributed by atoms with E-state index in [-0.39, 0.29) is 5.82 Å². The Bertz CT molecular complexity index is 1150. The van der Waals surface area contributed by atoms with Gasteiger partial charge in [-0.1, -0.05) is 0 Å². The average molecular weight is 388 g/mol. The predicted molar refractivity (Wildman–Crippen MR) is 110 cm³/mol. The van der Waals surface area contributed by atoms with E-state index in [0.29, 0.717) is 11.7 Å². The molecule has 0 radical (unpaired) electrons. The molecule has 0 saturated carbocycles. The van der Waals surface area contributed by atoms with E-state index < -0.39 is 0 Å². The van der Waals surface area contributed by atoms with E-state index in [4.69, 9.17) is 4.74 Å². The second-order valence-corrected chi connectivity index (χ2v) is 7.44. The maximum Gasteiger partial charge on any atom is 0.138 e. The van der Waals surface area contributed by atoms with Crippen molar-refractivity contribution in [2.45, 2.75) is 12.5 Å². The van der Waals surface area contributed by atoms with Crippen LogP contribution in [0.5, 0.6) is 5.75 Å². The Balaban J connectivity index is 1.41. The zero-order valence-corrected chi connectivity index (χ0v) is 16.1. The SMILES string of the molecule is COc1ccc(F)cc1-c1ccnc2[nH]c(C3CN(Cc4ccncc4)C3)cc12. The smallest absolute Gasteiger partial charge is 0.138 e. The van der Waals surface area contributed by atoms with Gasteiger partial charge in [-0.3, -0.25) is 9.88 Å². The van der Waals surface area contributed by atoms with Gasteiger partial charge in [0.05, 0.1) is 7.11 Å². The van der Waals surface area contributed by atoms with Crippen molar-refractivity contribution in [3.63, 3.8) is 0 Å². The molecular formula is C23H21FN4O. The fourth-order valence-corrected chi connectivity index (χ4v) is 4.03. The number of benzene rings is 1.